The van der Waals surface area contributed by atoms with E-state index in [0.29, 0.717) is 0 Å². The monoisotopic (exact) mass is 169 g/mol. The van der Waals surface area contributed by atoms with Gasteiger partial charge in [0.2, 0.25) is 0 Å². The lowest BCUT2D eigenvalue weighted by atomic mass is 9.93. The Bertz CT molecular complexity index is 353. The van der Waals surface area contributed by atoms with Crippen molar-refractivity contribution in [2.75, 3.05) is 0 Å². The summed E-state index contributed by atoms with van der Waals surface area (Å²) in [6.45, 7) is 7.82. The molecule has 65 valence electrons. The van der Waals surface area contributed by atoms with Crippen molar-refractivity contribution in [1.29, 1.82) is 0 Å². The fraction of sp³-hybridized carbons (Fsp3) is 0.154. The van der Waals surface area contributed by atoms with E-state index in [4.69, 9.17) is 6.42 Å². The van der Waals surface area contributed by atoms with Crippen LogP contribution in [0.2, 0.25) is 0 Å². The minimum absolute atomic E-state index is 0.957. The lowest BCUT2D eigenvalue weighted by molar-refractivity contribution is 1.20. The van der Waals surface area contributed by atoms with Gasteiger partial charge < -0.3 is 0 Å². The molecule has 0 nitrogen and oxygen atoms in total. The fourth-order valence-corrected chi connectivity index (χ4v) is 1.33. The Balaban J connectivity index is 3.25. The first kappa shape index (κ1) is 9.61. The van der Waals surface area contributed by atoms with E-state index >= 15 is 0 Å². The average Bonchev–Trinajstić information content (AvgIpc) is 2.17. The van der Waals surface area contributed by atoms with Crippen molar-refractivity contribution in [3.8, 4) is 12.3 Å². The van der Waals surface area contributed by atoms with Gasteiger partial charge in [0.05, 0.1) is 0 Å². The van der Waals surface area contributed by atoms with Gasteiger partial charge in [0, 0.05) is 11.5 Å². The van der Waals surface area contributed by atoms with Gasteiger partial charge in [-0.25, -0.2) is 0 Å². The predicted octanol–water partition coefficient (Wildman–Crippen LogP) is 3.10. The number of terminal acetylenes is 1. The smallest absolute Gasteiger partial charge is 0.0274 e. The van der Waals surface area contributed by atoms with Crippen LogP contribution in [0.1, 0.15) is 23.6 Å². The Labute approximate surface area is 80.3 Å². The molecular formula is C13H13. The lowest BCUT2D eigenvalue weighted by Crippen LogP contribution is -1.95. The maximum Gasteiger partial charge on any atom is 0.0274 e. The summed E-state index contributed by atoms with van der Waals surface area (Å²) < 4.78 is 0. The predicted molar refractivity (Wildman–Crippen MR) is 57.3 cm³/mol. The average molecular weight is 169 g/mol. The van der Waals surface area contributed by atoms with Crippen LogP contribution in [0.5, 0.6) is 0 Å². The third-order valence-corrected chi connectivity index (χ3v) is 2.22. The molecule has 0 aromatic heterocycles. The van der Waals surface area contributed by atoms with Gasteiger partial charge in [-0.15, -0.1) is 13.0 Å². The highest BCUT2D eigenvalue weighted by molar-refractivity contribution is 5.50. The summed E-state index contributed by atoms with van der Waals surface area (Å²) in [5.41, 5.74) is 3.30. The molecule has 0 heterocycles. The lowest BCUT2D eigenvalue weighted by Gasteiger charge is -2.10. The zero-order valence-electron chi connectivity index (χ0n) is 8.09. The highest BCUT2D eigenvalue weighted by Gasteiger charge is 2.06. The normalized spacial score (nSPS) is 9.69. The summed E-state index contributed by atoms with van der Waals surface area (Å²) in [6, 6.07) is 5.99. The van der Waals surface area contributed by atoms with E-state index in [-0.39, 0.29) is 0 Å². The number of rotatable bonds is 2. The van der Waals surface area contributed by atoms with Crippen molar-refractivity contribution in [2.45, 2.75) is 13.8 Å². The first-order valence-corrected chi connectivity index (χ1v) is 4.23. The summed E-state index contributed by atoms with van der Waals surface area (Å²) in [7, 11) is 0. The van der Waals surface area contributed by atoms with Crippen LogP contribution in [0, 0.1) is 25.2 Å². The zero-order valence-corrected chi connectivity index (χ0v) is 8.09. The molecule has 0 atom stereocenters. The molecule has 0 unspecified atom stereocenters. The van der Waals surface area contributed by atoms with Crippen molar-refractivity contribution in [3.63, 3.8) is 0 Å². The van der Waals surface area contributed by atoms with Gasteiger partial charge in [-0.2, -0.15) is 0 Å². The van der Waals surface area contributed by atoms with Crippen molar-refractivity contribution >= 4 is 0 Å². The van der Waals surface area contributed by atoms with Gasteiger partial charge in [-0.05, 0) is 24.1 Å². The molecule has 0 aliphatic heterocycles. The standard InChI is InChI=1S/C13H13/c1-5-10(3)13-9-7-8-12(6-2)11(13)4/h2,5,7-9H,1H2,3-4H3. The maximum atomic E-state index is 5.38. The zero-order chi connectivity index (χ0) is 9.84. The largest absolute Gasteiger partial charge is 0.115 e. The third-order valence-electron chi connectivity index (χ3n) is 2.22. The van der Waals surface area contributed by atoms with Gasteiger partial charge in [-0.3, -0.25) is 0 Å². The summed E-state index contributed by atoms with van der Waals surface area (Å²) in [5, 5.41) is 0. The summed E-state index contributed by atoms with van der Waals surface area (Å²) >= 11 is 0. The van der Waals surface area contributed by atoms with Crippen LogP contribution in [0.4, 0.5) is 0 Å². The molecule has 0 N–H and O–H groups in total. The van der Waals surface area contributed by atoms with E-state index in [1.165, 1.54) is 5.56 Å². The molecule has 0 aliphatic carbocycles. The van der Waals surface area contributed by atoms with E-state index in [1.54, 1.807) is 0 Å². The van der Waals surface area contributed by atoms with Crippen molar-refractivity contribution < 1.29 is 0 Å². The molecule has 0 amide bonds. The van der Waals surface area contributed by atoms with E-state index in [1.807, 2.05) is 32.1 Å². The summed E-state index contributed by atoms with van der Waals surface area (Å²) in [6.07, 6.45) is 7.23. The molecule has 1 rings (SSSR count). The van der Waals surface area contributed by atoms with Crippen LogP contribution in [-0.2, 0) is 0 Å². The minimum Gasteiger partial charge on any atom is -0.115 e. The van der Waals surface area contributed by atoms with Crippen LogP contribution >= 0.6 is 0 Å². The topological polar surface area (TPSA) is 0 Å². The van der Waals surface area contributed by atoms with Crippen molar-refractivity contribution in [2.24, 2.45) is 0 Å². The Morgan fingerprint density at radius 2 is 2.23 bits per heavy atom. The van der Waals surface area contributed by atoms with E-state index in [2.05, 4.69) is 18.6 Å². The van der Waals surface area contributed by atoms with E-state index < -0.39 is 0 Å². The van der Waals surface area contributed by atoms with Crippen molar-refractivity contribution in [1.82, 2.24) is 0 Å². The molecule has 0 saturated heterocycles. The second-order valence-electron chi connectivity index (χ2n) is 3.01. The highest BCUT2D eigenvalue weighted by atomic mass is 14.1. The van der Waals surface area contributed by atoms with Crippen molar-refractivity contribution in [3.05, 3.63) is 53.5 Å². The summed E-state index contributed by atoms with van der Waals surface area (Å²) in [4.78, 5) is 0. The van der Waals surface area contributed by atoms with Crippen LogP contribution in [0.3, 0.4) is 0 Å². The second kappa shape index (κ2) is 3.96. The molecule has 1 aromatic carbocycles. The first-order valence-electron chi connectivity index (χ1n) is 4.23. The van der Waals surface area contributed by atoms with Gasteiger partial charge in [0.25, 0.3) is 0 Å². The van der Waals surface area contributed by atoms with Crippen LogP contribution in [0.15, 0.2) is 30.9 Å². The van der Waals surface area contributed by atoms with Gasteiger partial charge in [-0.1, -0.05) is 31.1 Å². The number of allylic oxidation sites excluding steroid dienone is 1. The highest BCUT2D eigenvalue weighted by Crippen LogP contribution is 2.21. The molecule has 0 spiro atoms. The molecule has 0 fully saturated rings. The minimum atomic E-state index is 0.957. The molecule has 0 aliphatic rings. The van der Waals surface area contributed by atoms with E-state index in [9.17, 15) is 0 Å². The second-order valence-corrected chi connectivity index (χ2v) is 3.01. The van der Waals surface area contributed by atoms with Gasteiger partial charge in [0.15, 0.2) is 0 Å². The van der Waals surface area contributed by atoms with E-state index in [0.717, 1.165) is 17.0 Å². The molecule has 1 radical (unpaired) electrons. The van der Waals surface area contributed by atoms with Gasteiger partial charge >= 0.3 is 0 Å². The maximum absolute atomic E-state index is 5.38. The van der Waals surface area contributed by atoms with Crippen LogP contribution < -0.4 is 0 Å². The number of hydrogen-bond acceptors (Lipinski definition) is 0. The Morgan fingerprint density at radius 3 is 2.77 bits per heavy atom. The SMILES string of the molecule is C#Cc1cccc([C](C)C=C)c1C. The Morgan fingerprint density at radius 1 is 1.54 bits per heavy atom. The molecule has 0 heteroatoms. The third kappa shape index (κ3) is 1.81. The molecule has 13 heavy (non-hydrogen) atoms. The number of hydrogen-bond donors (Lipinski definition) is 0. The quantitative estimate of drug-likeness (QED) is 0.597. The Kier molecular flexibility index (Phi) is 2.93. The summed E-state index contributed by atoms with van der Waals surface area (Å²) in [5.74, 6) is 3.83. The molecule has 0 saturated carbocycles. The molecular weight excluding hydrogens is 156 g/mol. The molecule has 0 bridgehead atoms. The molecule has 1 aromatic rings. The fourth-order valence-electron chi connectivity index (χ4n) is 1.33. The first-order chi connectivity index (χ1) is 6.20. The van der Waals surface area contributed by atoms with Crippen LogP contribution in [0.25, 0.3) is 0 Å². The van der Waals surface area contributed by atoms with Crippen LogP contribution in [-0.4, -0.2) is 0 Å². The number of benzene rings is 1. The van der Waals surface area contributed by atoms with Gasteiger partial charge in [0.1, 0.15) is 0 Å². The Hall–Kier alpha value is -1.48.